The van der Waals surface area contributed by atoms with E-state index in [9.17, 15) is 8.42 Å². The second-order valence-corrected chi connectivity index (χ2v) is 7.01. The van der Waals surface area contributed by atoms with Crippen molar-refractivity contribution in [3.8, 4) is 5.75 Å². The molecule has 0 atom stereocenters. The Bertz CT molecular complexity index is 554. The predicted molar refractivity (Wildman–Crippen MR) is 80.4 cm³/mol. The molecule has 0 unspecified atom stereocenters. The molecule has 6 heteroatoms. The second kappa shape index (κ2) is 6.56. The van der Waals surface area contributed by atoms with Gasteiger partial charge in [0.25, 0.3) is 0 Å². The van der Waals surface area contributed by atoms with Gasteiger partial charge in [0.15, 0.2) is 0 Å². The fraction of sp³-hybridized carbons (Fsp3) is 0.571. The maximum atomic E-state index is 12.4. The quantitative estimate of drug-likeness (QED) is 0.807. The van der Waals surface area contributed by atoms with Gasteiger partial charge >= 0.3 is 0 Å². The molecule has 0 fully saturated rings. The SMILES string of the molecule is CCC(C)(C)NS(=O)(=O)c1ccc(CNC)cc1OC. The Balaban J connectivity index is 3.18. The lowest BCUT2D eigenvalue weighted by Crippen LogP contribution is -2.42. The van der Waals surface area contributed by atoms with E-state index in [2.05, 4.69) is 10.0 Å². The van der Waals surface area contributed by atoms with Gasteiger partial charge < -0.3 is 10.1 Å². The average molecular weight is 300 g/mol. The Morgan fingerprint density at radius 2 is 1.95 bits per heavy atom. The molecule has 0 spiro atoms. The highest BCUT2D eigenvalue weighted by Crippen LogP contribution is 2.26. The zero-order chi connectivity index (χ0) is 15.4. The number of ether oxygens (including phenoxy) is 1. The first kappa shape index (κ1) is 16.9. The van der Waals surface area contributed by atoms with Crippen molar-refractivity contribution in [2.24, 2.45) is 0 Å². The first-order valence-corrected chi connectivity index (χ1v) is 8.09. The van der Waals surface area contributed by atoms with Crippen LogP contribution in [0.2, 0.25) is 0 Å². The predicted octanol–water partition coefficient (Wildman–Crippen LogP) is 1.88. The summed E-state index contributed by atoms with van der Waals surface area (Å²) in [7, 11) is -0.289. The molecule has 5 nitrogen and oxygen atoms in total. The highest BCUT2D eigenvalue weighted by molar-refractivity contribution is 7.89. The van der Waals surface area contributed by atoms with Crippen molar-refractivity contribution < 1.29 is 13.2 Å². The van der Waals surface area contributed by atoms with Gasteiger partial charge in [-0.3, -0.25) is 0 Å². The van der Waals surface area contributed by atoms with Crippen LogP contribution < -0.4 is 14.8 Å². The molecule has 1 aromatic carbocycles. The Morgan fingerprint density at radius 3 is 2.45 bits per heavy atom. The van der Waals surface area contributed by atoms with E-state index in [1.807, 2.05) is 27.8 Å². The minimum atomic E-state index is -3.60. The largest absolute Gasteiger partial charge is 0.495 e. The minimum Gasteiger partial charge on any atom is -0.495 e. The Morgan fingerprint density at radius 1 is 1.30 bits per heavy atom. The molecule has 0 heterocycles. The third-order valence-corrected chi connectivity index (χ3v) is 4.93. The normalized spacial score (nSPS) is 12.4. The van der Waals surface area contributed by atoms with Crippen LogP contribution in [0.3, 0.4) is 0 Å². The first-order chi connectivity index (χ1) is 9.25. The topological polar surface area (TPSA) is 67.4 Å². The zero-order valence-corrected chi connectivity index (χ0v) is 13.6. The lowest BCUT2D eigenvalue weighted by molar-refractivity contribution is 0.398. The van der Waals surface area contributed by atoms with E-state index in [4.69, 9.17) is 4.74 Å². The lowest BCUT2D eigenvalue weighted by Gasteiger charge is -2.24. The van der Waals surface area contributed by atoms with E-state index >= 15 is 0 Å². The molecule has 114 valence electrons. The van der Waals surface area contributed by atoms with Crippen LogP contribution in [-0.2, 0) is 16.6 Å². The summed E-state index contributed by atoms with van der Waals surface area (Å²) in [6.45, 7) is 6.30. The molecule has 2 N–H and O–H groups in total. The van der Waals surface area contributed by atoms with Gasteiger partial charge in [-0.15, -0.1) is 0 Å². The van der Waals surface area contributed by atoms with E-state index in [1.165, 1.54) is 7.11 Å². The van der Waals surface area contributed by atoms with Crippen LogP contribution in [0.4, 0.5) is 0 Å². The van der Waals surface area contributed by atoms with Crippen LogP contribution in [0.5, 0.6) is 5.75 Å². The van der Waals surface area contributed by atoms with Crippen LogP contribution in [0.1, 0.15) is 32.8 Å². The summed E-state index contributed by atoms with van der Waals surface area (Å²) in [6, 6.07) is 5.11. The molecule has 0 saturated heterocycles. The van der Waals surface area contributed by atoms with Crippen LogP contribution in [0.15, 0.2) is 23.1 Å². The number of rotatable bonds is 7. The standard InChI is InChI=1S/C14H24N2O3S/c1-6-14(2,3)16-20(17,18)13-8-7-11(10-15-4)9-12(13)19-5/h7-9,15-16H,6,10H2,1-5H3. The molecule has 0 aromatic heterocycles. The van der Waals surface area contributed by atoms with Gasteiger partial charge in [-0.1, -0.05) is 13.0 Å². The summed E-state index contributed by atoms with van der Waals surface area (Å²) < 4.78 is 32.8. The number of methoxy groups -OCH3 is 1. The maximum absolute atomic E-state index is 12.4. The molecule has 1 rings (SSSR count). The zero-order valence-electron chi connectivity index (χ0n) is 12.8. The smallest absolute Gasteiger partial charge is 0.244 e. The molecule has 0 amide bonds. The molecular weight excluding hydrogens is 276 g/mol. The number of hydrogen-bond acceptors (Lipinski definition) is 4. The van der Waals surface area contributed by atoms with E-state index in [0.29, 0.717) is 18.7 Å². The van der Waals surface area contributed by atoms with Crippen molar-refractivity contribution in [2.45, 2.75) is 44.2 Å². The van der Waals surface area contributed by atoms with Gasteiger partial charge in [0, 0.05) is 12.1 Å². The van der Waals surface area contributed by atoms with E-state index in [1.54, 1.807) is 18.2 Å². The van der Waals surface area contributed by atoms with E-state index in [-0.39, 0.29) is 4.90 Å². The van der Waals surface area contributed by atoms with Crippen LogP contribution in [0.25, 0.3) is 0 Å². The van der Waals surface area contributed by atoms with Crippen molar-refractivity contribution >= 4 is 10.0 Å². The number of hydrogen-bond donors (Lipinski definition) is 2. The molecule has 0 aliphatic carbocycles. The van der Waals surface area contributed by atoms with Gasteiger partial charge in [-0.2, -0.15) is 0 Å². The summed E-state index contributed by atoms with van der Waals surface area (Å²) in [4.78, 5) is 0.168. The minimum absolute atomic E-state index is 0.168. The first-order valence-electron chi connectivity index (χ1n) is 6.61. The van der Waals surface area contributed by atoms with Gasteiger partial charge in [0.05, 0.1) is 7.11 Å². The molecule has 0 bridgehead atoms. The van der Waals surface area contributed by atoms with Crippen molar-refractivity contribution in [3.63, 3.8) is 0 Å². The van der Waals surface area contributed by atoms with Gasteiger partial charge in [-0.25, -0.2) is 13.1 Å². The summed E-state index contributed by atoms with van der Waals surface area (Å²) in [5, 5.41) is 3.02. The molecule has 20 heavy (non-hydrogen) atoms. The number of benzene rings is 1. The number of sulfonamides is 1. The molecule has 0 aliphatic rings. The summed E-state index contributed by atoms with van der Waals surface area (Å²) in [5.41, 5.74) is 0.478. The van der Waals surface area contributed by atoms with Crippen molar-refractivity contribution in [2.75, 3.05) is 14.2 Å². The summed E-state index contributed by atoms with van der Waals surface area (Å²) in [5.74, 6) is 0.358. The molecule has 0 aliphatic heterocycles. The lowest BCUT2D eigenvalue weighted by atomic mass is 10.0. The van der Waals surface area contributed by atoms with Crippen LogP contribution in [0, 0.1) is 0 Å². The van der Waals surface area contributed by atoms with Crippen LogP contribution >= 0.6 is 0 Å². The monoisotopic (exact) mass is 300 g/mol. The van der Waals surface area contributed by atoms with Gasteiger partial charge in [0.1, 0.15) is 10.6 Å². The highest BCUT2D eigenvalue weighted by atomic mass is 32.2. The van der Waals surface area contributed by atoms with E-state index in [0.717, 1.165) is 5.56 Å². The molecule has 0 radical (unpaired) electrons. The number of nitrogens with one attached hydrogen (secondary N) is 2. The molecular formula is C14H24N2O3S. The molecule has 1 aromatic rings. The van der Waals surface area contributed by atoms with Crippen molar-refractivity contribution in [3.05, 3.63) is 23.8 Å². The van der Waals surface area contributed by atoms with Crippen molar-refractivity contribution in [1.29, 1.82) is 0 Å². The fourth-order valence-corrected chi connectivity index (χ4v) is 3.38. The van der Waals surface area contributed by atoms with E-state index < -0.39 is 15.6 Å². The Hall–Kier alpha value is -1.11. The fourth-order valence-electron chi connectivity index (χ4n) is 1.74. The third-order valence-electron chi connectivity index (χ3n) is 3.19. The summed E-state index contributed by atoms with van der Waals surface area (Å²) >= 11 is 0. The van der Waals surface area contributed by atoms with Gasteiger partial charge in [-0.05, 0) is 45.0 Å². The summed E-state index contributed by atoms with van der Waals surface area (Å²) in [6.07, 6.45) is 0.701. The maximum Gasteiger partial charge on any atom is 0.244 e. The Kier molecular flexibility index (Phi) is 5.56. The Labute approximate surface area is 121 Å². The highest BCUT2D eigenvalue weighted by Gasteiger charge is 2.27. The van der Waals surface area contributed by atoms with Crippen LogP contribution in [-0.4, -0.2) is 28.1 Å². The average Bonchev–Trinajstić information content (AvgIpc) is 2.37. The molecule has 0 saturated carbocycles. The third kappa shape index (κ3) is 4.19. The van der Waals surface area contributed by atoms with Crippen molar-refractivity contribution in [1.82, 2.24) is 10.0 Å². The van der Waals surface area contributed by atoms with Gasteiger partial charge in [0.2, 0.25) is 10.0 Å². The second-order valence-electron chi connectivity index (χ2n) is 5.36.